The molecular weight excluding hydrogens is 454 g/mol. The van der Waals surface area contributed by atoms with Gasteiger partial charge in [0.1, 0.15) is 17.8 Å². The van der Waals surface area contributed by atoms with Crippen molar-refractivity contribution in [1.29, 1.82) is 0 Å². The van der Waals surface area contributed by atoms with E-state index >= 15 is 0 Å². The van der Waals surface area contributed by atoms with E-state index in [9.17, 15) is 14.4 Å². The highest BCUT2D eigenvalue weighted by molar-refractivity contribution is 6.00. The van der Waals surface area contributed by atoms with Crippen LogP contribution < -0.4 is 0 Å². The van der Waals surface area contributed by atoms with Crippen molar-refractivity contribution in [1.82, 2.24) is 14.4 Å². The number of aromatic nitrogens is 1. The Bertz CT molecular complexity index is 1300. The van der Waals surface area contributed by atoms with E-state index in [0.717, 1.165) is 10.9 Å². The van der Waals surface area contributed by atoms with E-state index in [0.29, 0.717) is 11.1 Å². The van der Waals surface area contributed by atoms with E-state index < -0.39 is 23.9 Å². The van der Waals surface area contributed by atoms with E-state index in [4.69, 9.17) is 4.74 Å². The minimum atomic E-state index is -0.704. The standard InChI is InChI=1S/C29H35N3O4/c1-28(2,3)26-30(7)25(34)23(32(26)24(33)19-13-9-8-10-14-19)17-20-18-31(27(35)36-29(4,5)6)22-16-12-11-15-21(20)22/h8-16,18,23,26H,17H2,1-7H3/t23-,26+/m0/s1. The Kier molecular flexibility index (Phi) is 6.45. The van der Waals surface area contributed by atoms with Gasteiger partial charge in [-0.2, -0.15) is 0 Å². The zero-order chi connectivity index (χ0) is 26.4. The topological polar surface area (TPSA) is 71.9 Å². The molecule has 0 bridgehead atoms. The molecule has 0 N–H and O–H groups in total. The van der Waals surface area contributed by atoms with E-state index in [1.165, 1.54) is 4.57 Å². The first-order chi connectivity index (χ1) is 16.8. The van der Waals surface area contributed by atoms with Crippen molar-refractivity contribution in [3.63, 3.8) is 0 Å². The van der Waals surface area contributed by atoms with Crippen molar-refractivity contribution in [2.75, 3.05) is 7.05 Å². The summed E-state index contributed by atoms with van der Waals surface area (Å²) in [5, 5.41) is 0.852. The zero-order valence-electron chi connectivity index (χ0n) is 22.1. The fourth-order valence-corrected chi connectivity index (χ4v) is 5.08. The first-order valence-electron chi connectivity index (χ1n) is 12.3. The second-order valence-electron chi connectivity index (χ2n) is 11.5. The summed E-state index contributed by atoms with van der Waals surface area (Å²) in [6.45, 7) is 11.6. The van der Waals surface area contributed by atoms with Crippen LogP contribution in [0.15, 0.2) is 60.8 Å². The van der Waals surface area contributed by atoms with E-state index in [2.05, 4.69) is 0 Å². The van der Waals surface area contributed by atoms with Gasteiger partial charge < -0.3 is 14.5 Å². The van der Waals surface area contributed by atoms with Crippen molar-refractivity contribution in [2.24, 2.45) is 5.41 Å². The summed E-state index contributed by atoms with van der Waals surface area (Å²) in [6, 6.07) is 15.9. The fraction of sp³-hybridized carbons (Fsp3) is 0.414. The molecule has 1 fully saturated rings. The van der Waals surface area contributed by atoms with Crippen LogP contribution in [0.4, 0.5) is 4.79 Å². The van der Waals surface area contributed by atoms with Gasteiger partial charge in [-0.15, -0.1) is 0 Å². The minimum absolute atomic E-state index is 0.117. The number of para-hydroxylation sites is 1. The molecule has 36 heavy (non-hydrogen) atoms. The molecule has 3 aromatic rings. The number of likely N-dealkylation sites (N-methyl/N-ethyl adjacent to an activating group) is 1. The third kappa shape index (κ3) is 4.74. The third-order valence-electron chi connectivity index (χ3n) is 6.43. The number of hydrogen-bond acceptors (Lipinski definition) is 4. The van der Waals surface area contributed by atoms with Crippen LogP contribution in [0.3, 0.4) is 0 Å². The van der Waals surface area contributed by atoms with Gasteiger partial charge in [-0.1, -0.05) is 57.2 Å². The second kappa shape index (κ2) is 9.12. The number of amides is 2. The van der Waals surface area contributed by atoms with Gasteiger partial charge in [0.25, 0.3) is 5.91 Å². The van der Waals surface area contributed by atoms with Crippen LogP contribution in [-0.2, 0) is 16.0 Å². The summed E-state index contributed by atoms with van der Waals surface area (Å²) in [5.41, 5.74) is 1.04. The summed E-state index contributed by atoms with van der Waals surface area (Å²) < 4.78 is 7.11. The number of ether oxygens (including phenoxy) is 1. The van der Waals surface area contributed by atoms with Gasteiger partial charge in [-0.25, -0.2) is 4.79 Å². The van der Waals surface area contributed by atoms with E-state index in [-0.39, 0.29) is 23.7 Å². The van der Waals surface area contributed by atoms with Gasteiger partial charge in [0.15, 0.2) is 0 Å². The van der Waals surface area contributed by atoms with Crippen molar-refractivity contribution in [3.8, 4) is 0 Å². The first-order valence-corrected chi connectivity index (χ1v) is 12.3. The van der Waals surface area contributed by atoms with Gasteiger partial charge in [0.2, 0.25) is 5.91 Å². The van der Waals surface area contributed by atoms with Crippen LogP contribution in [-0.4, -0.2) is 57.1 Å². The molecule has 1 aliphatic heterocycles. The molecule has 0 saturated carbocycles. The molecule has 0 radical (unpaired) electrons. The SMILES string of the molecule is CN1C(=O)[C@H](Cc2cn(C(=O)OC(C)(C)C)c3ccccc23)N(C(=O)c2ccccc2)[C@@H]1C(C)(C)C. The molecule has 1 saturated heterocycles. The van der Waals surface area contributed by atoms with Crippen LogP contribution in [0.5, 0.6) is 0 Å². The monoisotopic (exact) mass is 489 g/mol. The third-order valence-corrected chi connectivity index (χ3v) is 6.43. The largest absolute Gasteiger partial charge is 0.443 e. The molecule has 1 aliphatic rings. The van der Waals surface area contributed by atoms with Gasteiger partial charge in [0.05, 0.1) is 5.52 Å². The van der Waals surface area contributed by atoms with Crippen LogP contribution in [0, 0.1) is 5.41 Å². The molecule has 2 heterocycles. The summed E-state index contributed by atoms with van der Waals surface area (Å²) in [4.78, 5) is 43.8. The summed E-state index contributed by atoms with van der Waals surface area (Å²) >= 11 is 0. The van der Waals surface area contributed by atoms with Gasteiger partial charge in [-0.3, -0.25) is 14.2 Å². The molecule has 190 valence electrons. The Morgan fingerprint density at radius 2 is 1.53 bits per heavy atom. The van der Waals surface area contributed by atoms with Crippen molar-refractivity contribution in [3.05, 3.63) is 71.9 Å². The molecule has 4 rings (SSSR count). The van der Waals surface area contributed by atoms with E-state index in [1.54, 1.807) is 35.2 Å². The van der Waals surface area contributed by atoms with Crippen molar-refractivity contribution in [2.45, 2.75) is 65.8 Å². The minimum Gasteiger partial charge on any atom is -0.443 e. The van der Waals surface area contributed by atoms with Crippen LogP contribution in [0.25, 0.3) is 10.9 Å². The Morgan fingerprint density at radius 3 is 2.14 bits per heavy atom. The Hall–Kier alpha value is -3.61. The number of hydrogen-bond donors (Lipinski definition) is 0. The predicted molar refractivity (Wildman–Crippen MR) is 140 cm³/mol. The fourth-order valence-electron chi connectivity index (χ4n) is 5.08. The Balaban J connectivity index is 1.78. The number of rotatable bonds is 3. The lowest BCUT2D eigenvalue weighted by atomic mass is 9.90. The highest BCUT2D eigenvalue weighted by Crippen LogP contribution is 2.37. The molecular formula is C29H35N3O4. The molecule has 0 aliphatic carbocycles. The van der Waals surface area contributed by atoms with E-state index in [1.807, 2.05) is 84.0 Å². The summed E-state index contributed by atoms with van der Waals surface area (Å²) in [7, 11) is 1.76. The lowest BCUT2D eigenvalue weighted by Crippen LogP contribution is -2.51. The molecule has 7 nitrogen and oxygen atoms in total. The van der Waals surface area contributed by atoms with Gasteiger partial charge in [0, 0.05) is 36.0 Å². The van der Waals surface area contributed by atoms with Crippen LogP contribution in [0.1, 0.15) is 57.5 Å². The van der Waals surface area contributed by atoms with Gasteiger partial charge >= 0.3 is 6.09 Å². The smallest absolute Gasteiger partial charge is 0.419 e. The van der Waals surface area contributed by atoms with Gasteiger partial charge in [-0.05, 0) is 44.5 Å². The molecule has 2 aromatic carbocycles. The average molecular weight is 490 g/mol. The average Bonchev–Trinajstić information content (AvgIpc) is 3.29. The summed E-state index contributed by atoms with van der Waals surface area (Å²) in [5.74, 6) is -0.303. The Labute approximate surface area is 212 Å². The number of carbonyl (C=O) groups excluding carboxylic acids is 3. The molecule has 7 heteroatoms. The predicted octanol–water partition coefficient (Wildman–Crippen LogP) is 5.32. The van der Waals surface area contributed by atoms with Crippen LogP contribution >= 0.6 is 0 Å². The summed E-state index contributed by atoms with van der Waals surface area (Å²) in [6.07, 6.45) is 1.12. The van der Waals surface area contributed by atoms with Crippen molar-refractivity contribution >= 4 is 28.8 Å². The van der Waals surface area contributed by atoms with Crippen LogP contribution in [0.2, 0.25) is 0 Å². The molecule has 2 amide bonds. The maximum Gasteiger partial charge on any atom is 0.419 e. The molecule has 0 unspecified atom stereocenters. The number of benzene rings is 2. The number of nitrogens with zero attached hydrogens (tertiary/aromatic N) is 3. The second-order valence-corrected chi connectivity index (χ2v) is 11.5. The first kappa shape index (κ1) is 25.5. The number of fused-ring (bicyclic) bond motifs is 1. The lowest BCUT2D eigenvalue weighted by Gasteiger charge is -2.39. The normalized spacial score (nSPS) is 18.7. The highest BCUT2D eigenvalue weighted by atomic mass is 16.6. The maximum atomic E-state index is 13.8. The molecule has 2 atom stereocenters. The molecule has 1 aromatic heterocycles. The van der Waals surface area contributed by atoms with Crippen molar-refractivity contribution < 1.29 is 19.1 Å². The molecule has 0 spiro atoms. The zero-order valence-corrected chi connectivity index (χ0v) is 22.1. The lowest BCUT2D eigenvalue weighted by molar-refractivity contribution is -0.129. The highest BCUT2D eigenvalue weighted by Gasteiger charge is 2.51. The quantitative estimate of drug-likeness (QED) is 0.499. The number of carbonyl (C=O) groups is 3. The maximum absolute atomic E-state index is 13.8. The Morgan fingerprint density at radius 1 is 0.917 bits per heavy atom.